The van der Waals surface area contributed by atoms with E-state index in [2.05, 4.69) is 5.32 Å². The van der Waals surface area contributed by atoms with Crippen LogP contribution in [0.3, 0.4) is 0 Å². The third kappa shape index (κ3) is 3.88. The number of ether oxygens (including phenoxy) is 1. The molecule has 0 rings (SSSR count). The normalized spacial score (nSPS) is 8.60. The van der Waals surface area contributed by atoms with Crippen LogP contribution < -0.4 is 5.32 Å². The first kappa shape index (κ1) is 8.94. The maximum Gasteiger partial charge on any atom is 0.229 e. The summed E-state index contributed by atoms with van der Waals surface area (Å²) in [4.78, 5) is 10.6. The van der Waals surface area contributed by atoms with Crippen LogP contribution in [0.25, 0.3) is 0 Å². The standard InChI is InChI=1S/C6H12N2O2/c1-3-10-5(7)4-6(9)8-2/h7H,3-4H2,1-2H3,(H,8,9). The fourth-order valence-corrected chi connectivity index (χ4v) is 0.459. The lowest BCUT2D eigenvalue weighted by molar-refractivity contribution is -0.119. The maximum absolute atomic E-state index is 10.6. The Morgan fingerprint density at radius 2 is 2.30 bits per heavy atom. The van der Waals surface area contributed by atoms with Crippen LogP contribution in [0.1, 0.15) is 13.3 Å². The van der Waals surface area contributed by atoms with E-state index in [1.54, 1.807) is 6.92 Å². The predicted molar refractivity (Wildman–Crippen MR) is 38.0 cm³/mol. The van der Waals surface area contributed by atoms with E-state index in [1.165, 1.54) is 7.05 Å². The van der Waals surface area contributed by atoms with E-state index in [-0.39, 0.29) is 18.2 Å². The number of hydrogen-bond donors (Lipinski definition) is 2. The van der Waals surface area contributed by atoms with Gasteiger partial charge in [0.2, 0.25) is 5.91 Å². The Morgan fingerprint density at radius 1 is 1.70 bits per heavy atom. The molecular weight excluding hydrogens is 132 g/mol. The van der Waals surface area contributed by atoms with Crippen molar-refractivity contribution in [2.24, 2.45) is 0 Å². The number of hydrogen-bond acceptors (Lipinski definition) is 3. The summed E-state index contributed by atoms with van der Waals surface area (Å²) in [5.41, 5.74) is 0. The van der Waals surface area contributed by atoms with Crippen molar-refractivity contribution in [3.63, 3.8) is 0 Å². The number of rotatable bonds is 3. The second-order valence-electron chi connectivity index (χ2n) is 1.71. The van der Waals surface area contributed by atoms with Gasteiger partial charge in [-0.3, -0.25) is 10.2 Å². The van der Waals surface area contributed by atoms with Gasteiger partial charge in [0, 0.05) is 7.05 Å². The summed E-state index contributed by atoms with van der Waals surface area (Å²) in [5, 5.41) is 9.43. The van der Waals surface area contributed by atoms with Crippen LogP contribution in [0.15, 0.2) is 0 Å². The molecule has 0 fully saturated rings. The van der Waals surface area contributed by atoms with E-state index in [1.807, 2.05) is 0 Å². The molecule has 0 aromatic carbocycles. The van der Waals surface area contributed by atoms with Crippen molar-refractivity contribution >= 4 is 11.8 Å². The van der Waals surface area contributed by atoms with Crippen molar-refractivity contribution in [1.29, 1.82) is 5.41 Å². The van der Waals surface area contributed by atoms with Gasteiger partial charge in [-0.05, 0) is 6.92 Å². The fourth-order valence-electron chi connectivity index (χ4n) is 0.459. The van der Waals surface area contributed by atoms with Gasteiger partial charge >= 0.3 is 0 Å². The molecule has 0 spiro atoms. The van der Waals surface area contributed by atoms with Crippen LogP contribution in [-0.2, 0) is 9.53 Å². The zero-order valence-electron chi connectivity index (χ0n) is 6.23. The number of carbonyl (C=O) groups excluding carboxylic acids is 1. The Morgan fingerprint density at radius 3 is 2.70 bits per heavy atom. The van der Waals surface area contributed by atoms with Crippen molar-refractivity contribution < 1.29 is 9.53 Å². The molecule has 4 heteroatoms. The number of amides is 1. The van der Waals surface area contributed by atoms with Gasteiger partial charge in [-0.15, -0.1) is 0 Å². The molecule has 0 aliphatic rings. The van der Waals surface area contributed by atoms with E-state index in [4.69, 9.17) is 10.1 Å². The average Bonchev–Trinajstić information content (AvgIpc) is 1.88. The average molecular weight is 144 g/mol. The zero-order valence-corrected chi connectivity index (χ0v) is 6.23. The van der Waals surface area contributed by atoms with E-state index < -0.39 is 0 Å². The molecule has 0 atom stereocenters. The van der Waals surface area contributed by atoms with Crippen molar-refractivity contribution in [3.05, 3.63) is 0 Å². The van der Waals surface area contributed by atoms with Gasteiger partial charge in [-0.25, -0.2) is 0 Å². The Balaban J connectivity index is 3.47. The number of carbonyl (C=O) groups is 1. The van der Waals surface area contributed by atoms with Crippen molar-refractivity contribution in [1.82, 2.24) is 5.32 Å². The van der Waals surface area contributed by atoms with Crippen LogP contribution in [0.2, 0.25) is 0 Å². The highest BCUT2D eigenvalue weighted by molar-refractivity contribution is 5.95. The molecular formula is C6H12N2O2. The van der Waals surface area contributed by atoms with Gasteiger partial charge in [-0.2, -0.15) is 0 Å². The smallest absolute Gasteiger partial charge is 0.229 e. The largest absolute Gasteiger partial charge is 0.481 e. The molecule has 10 heavy (non-hydrogen) atoms. The lowest BCUT2D eigenvalue weighted by Crippen LogP contribution is -2.22. The minimum absolute atomic E-state index is 0.0156. The SMILES string of the molecule is CCOC(=N)CC(=O)NC. The molecule has 1 amide bonds. The third-order valence-electron chi connectivity index (χ3n) is 0.919. The minimum atomic E-state index is -0.196. The van der Waals surface area contributed by atoms with Crippen molar-refractivity contribution in [2.75, 3.05) is 13.7 Å². The van der Waals surface area contributed by atoms with Gasteiger partial charge in [0.25, 0.3) is 0 Å². The highest BCUT2D eigenvalue weighted by Crippen LogP contribution is 1.85. The summed E-state index contributed by atoms with van der Waals surface area (Å²) in [5.74, 6) is -0.180. The molecule has 0 aliphatic heterocycles. The Labute approximate surface area is 60.1 Å². The van der Waals surface area contributed by atoms with E-state index in [0.29, 0.717) is 6.61 Å². The summed E-state index contributed by atoms with van der Waals surface area (Å²) in [6.45, 7) is 2.22. The van der Waals surface area contributed by atoms with Gasteiger partial charge in [0.1, 0.15) is 6.42 Å². The first-order chi connectivity index (χ1) is 4.70. The second kappa shape index (κ2) is 4.78. The lowest BCUT2D eigenvalue weighted by atomic mass is 10.4. The minimum Gasteiger partial charge on any atom is -0.481 e. The highest BCUT2D eigenvalue weighted by atomic mass is 16.5. The topological polar surface area (TPSA) is 62.2 Å². The van der Waals surface area contributed by atoms with Gasteiger partial charge in [-0.1, -0.05) is 0 Å². The summed E-state index contributed by atoms with van der Waals surface area (Å²) in [6.07, 6.45) is 0.0321. The van der Waals surface area contributed by atoms with E-state index >= 15 is 0 Å². The summed E-state index contributed by atoms with van der Waals surface area (Å²) >= 11 is 0. The Hall–Kier alpha value is -1.06. The molecule has 2 N–H and O–H groups in total. The lowest BCUT2D eigenvalue weighted by Gasteiger charge is -2.02. The van der Waals surface area contributed by atoms with Gasteiger partial charge < -0.3 is 10.1 Å². The van der Waals surface area contributed by atoms with Crippen LogP contribution in [0, 0.1) is 5.41 Å². The quantitative estimate of drug-likeness (QED) is 0.437. The summed E-state index contributed by atoms with van der Waals surface area (Å²) in [7, 11) is 1.53. The first-order valence-corrected chi connectivity index (χ1v) is 3.11. The molecule has 0 aliphatic carbocycles. The molecule has 0 aromatic heterocycles. The fraction of sp³-hybridized carbons (Fsp3) is 0.667. The van der Waals surface area contributed by atoms with Crippen molar-refractivity contribution in [3.8, 4) is 0 Å². The van der Waals surface area contributed by atoms with Crippen LogP contribution in [-0.4, -0.2) is 25.5 Å². The maximum atomic E-state index is 10.6. The summed E-state index contributed by atoms with van der Waals surface area (Å²) < 4.78 is 4.74. The summed E-state index contributed by atoms with van der Waals surface area (Å²) in [6, 6.07) is 0. The Bertz CT molecular complexity index is 134. The van der Waals surface area contributed by atoms with Gasteiger partial charge in [0.15, 0.2) is 5.90 Å². The second-order valence-corrected chi connectivity index (χ2v) is 1.71. The first-order valence-electron chi connectivity index (χ1n) is 3.11. The third-order valence-corrected chi connectivity index (χ3v) is 0.919. The molecule has 0 radical (unpaired) electrons. The number of nitrogens with one attached hydrogen (secondary N) is 2. The molecule has 0 saturated heterocycles. The molecule has 0 saturated carbocycles. The monoisotopic (exact) mass is 144 g/mol. The zero-order chi connectivity index (χ0) is 7.98. The van der Waals surface area contributed by atoms with Crippen molar-refractivity contribution in [2.45, 2.75) is 13.3 Å². The van der Waals surface area contributed by atoms with Crippen LogP contribution in [0.5, 0.6) is 0 Å². The molecule has 58 valence electrons. The van der Waals surface area contributed by atoms with Crippen LogP contribution in [0.4, 0.5) is 0 Å². The molecule has 0 aromatic rings. The van der Waals surface area contributed by atoms with E-state index in [0.717, 1.165) is 0 Å². The highest BCUT2D eigenvalue weighted by Gasteiger charge is 2.02. The molecule has 0 bridgehead atoms. The van der Waals surface area contributed by atoms with Gasteiger partial charge in [0.05, 0.1) is 6.61 Å². The molecule has 0 heterocycles. The molecule has 0 unspecified atom stereocenters. The predicted octanol–water partition coefficient (Wildman–Crippen LogP) is 0.136. The molecule has 4 nitrogen and oxygen atoms in total. The van der Waals surface area contributed by atoms with E-state index in [9.17, 15) is 4.79 Å². The van der Waals surface area contributed by atoms with Crippen LogP contribution >= 0.6 is 0 Å². The Kier molecular flexibility index (Phi) is 4.28.